The number of carbonyl (C=O) groups excluding carboxylic acids is 1. The topological polar surface area (TPSA) is 42.0 Å². The van der Waals surface area contributed by atoms with E-state index in [4.69, 9.17) is 0 Å². The molecule has 0 saturated heterocycles. The summed E-state index contributed by atoms with van der Waals surface area (Å²) in [5.41, 5.74) is 4.28. The van der Waals surface area contributed by atoms with E-state index < -0.39 is 0 Å². The second-order valence-corrected chi connectivity index (χ2v) is 4.64. The summed E-state index contributed by atoms with van der Waals surface area (Å²) in [5.74, 6) is -0.121. The first-order chi connectivity index (χ1) is 9.16. The zero-order chi connectivity index (χ0) is 13.7. The number of hydrogen-bond acceptors (Lipinski definition) is 2. The Morgan fingerprint density at radius 2 is 2.00 bits per heavy atom. The highest BCUT2D eigenvalue weighted by molar-refractivity contribution is 5.92. The van der Waals surface area contributed by atoms with Crippen LogP contribution in [-0.4, -0.2) is 17.4 Å². The summed E-state index contributed by atoms with van der Waals surface area (Å²) in [6, 6.07) is 11.7. The molecular formula is C16H18N2O. The Kier molecular flexibility index (Phi) is 4.29. The summed E-state index contributed by atoms with van der Waals surface area (Å²) in [7, 11) is 0. The number of rotatable bonds is 4. The second kappa shape index (κ2) is 6.14. The number of carbonyl (C=O) groups is 1. The molecule has 19 heavy (non-hydrogen) atoms. The van der Waals surface area contributed by atoms with Crippen LogP contribution in [0.5, 0.6) is 0 Å². The Hall–Kier alpha value is -2.16. The van der Waals surface area contributed by atoms with Crippen molar-refractivity contribution in [3.63, 3.8) is 0 Å². The van der Waals surface area contributed by atoms with E-state index in [2.05, 4.69) is 42.3 Å². The summed E-state index contributed by atoms with van der Waals surface area (Å²) in [5, 5.41) is 2.88. The standard InChI is InChI=1S/C16H18N2O/c1-12-6-7-14(11-13(12)2)8-10-18-16(19)15-5-3-4-9-17-15/h3-7,9,11H,8,10H2,1-2H3,(H,18,19). The second-order valence-electron chi connectivity index (χ2n) is 4.64. The number of nitrogens with one attached hydrogen (secondary N) is 1. The third kappa shape index (κ3) is 3.65. The van der Waals surface area contributed by atoms with Crippen molar-refractivity contribution in [1.82, 2.24) is 10.3 Å². The Balaban J connectivity index is 1.87. The maximum atomic E-state index is 11.8. The zero-order valence-corrected chi connectivity index (χ0v) is 11.3. The molecule has 1 aromatic carbocycles. The summed E-state index contributed by atoms with van der Waals surface area (Å²) in [6.45, 7) is 4.82. The minimum absolute atomic E-state index is 0.121. The molecule has 98 valence electrons. The molecule has 0 aliphatic heterocycles. The normalized spacial score (nSPS) is 10.2. The van der Waals surface area contributed by atoms with Crippen molar-refractivity contribution in [2.24, 2.45) is 0 Å². The van der Waals surface area contributed by atoms with Gasteiger partial charge in [-0.05, 0) is 49.1 Å². The Morgan fingerprint density at radius 1 is 1.16 bits per heavy atom. The van der Waals surface area contributed by atoms with Gasteiger partial charge >= 0.3 is 0 Å². The average Bonchev–Trinajstić information content (AvgIpc) is 2.43. The number of benzene rings is 1. The lowest BCUT2D eigenvalue weighted by atomic mass is 10.0. The summed E-state index contributed by atoms with van der Waals surface area (Å²) < 4.78 is 0. The molecule has 1 heterocycles. The molecule has 0 aliphatic rings. The quantitative estimate of drug-likeness (QED) is 0.911. The molecule has 1 amide bonds. The first-order valence-electron chi connectivity index (χ1n) is 6.42. The van der Waals surface area contributed by atoms with Gasteiger partial charge in [0, 0.05) is 12.7 Å². The molecule has 1 N–H and O–H groups in total. The molecule has 0 bridgehead atoms. The van der Waals surface area contributed by atoms with Gasteiger partial charge in [0.25, 0.3) is 5.91 Å². The van der Waals surface area contributed by atoms with Crippen molar-refractivity contribution < 1.29 is 4.79 Å². The molecule has 3 nitrogen and oxygen atoms in total. The third-order valence-electron chi connectivity index (χ3n) is 3.17. The monoisotopic (exact) mass is 254 g/mol. The molecule has 1 aromatic heterocycles. The predicted molar refractivity (Wildman–Crippen MR) is 76.2 cm³/mol. The van der Waals surface area contributed by atoms with Gasteiger partial charge in [-0.3, -0.25) is 9.78 Å². The van der Waals surface area contributed by atoms with Crippen LogP contribution in [0.15, 0.2) is 42.6 Å². The Morgan fingerprint density at radius 3 is 2.68 bits per heavy atom. The lowest BCUT2D eigenvalue weighted by Crippen LogP contribution is -2.26. The van der Waals surface area contributed by atoms with Crippen molar-refractivity contribution in [2.75, 3.05) is 6.54 Å². The Labute approximate surface area is 113 Å². The lowest BCUT2D eigenvalue weighted by molar-refractivity contribution is 0.0949. The van der Waals surface area contributed by atoms with Crippen LogP contribution >= 0.6 is 0 Å². The van der Waals surface area contributed by atoms with Gasteiger partial charge in [0.05, 0.1) is 0 Å². The molecule has 0 atom stereocenters. The maximum absolute atomic E-state index is 11.8. The Bertz CT molecular complexity index is 564. The molecular weight excluding hydrogens is 236 g/mol. The van der Waals surface area contributed by atoms with Gasteiger partial charge < -0.3 is 5.32 Å². The van der Waals surface area contributed by atoms with Crippen LogP contribution in [0.4, 0.5) is 0 Å². The maximum Gasteiger partial charge on any atom is 0.269 e. The fourth-order valence-electron chi connectivity index (χ4n) is 1.87. The highest BCUT2D eigenvalue weighted by atomic mass is 16.1. The van der Waals surface area contributed by atoms with E-state index in [0.717, 1.165) is 6.42 Å². The smallest absolute Gasteiger partial charge is 0.269 e. The third-order valence-corrected chi connectivity index (χ3v) is 3.17. The molecule has 0 radical (unpaired) electrons. The van der Waals surface area contributed by atoms with Crippen LogP contribution in [0, 0.1) is 13.8 Å². The van der Waals surface area contributed by atoms with Crippen LogP contribution < -0.4 is 5.32 Å². The number of aromatic nitrogens is 1. The summed E-state index contributed by atoms with van der Waals surface area (Å²) in [4.78, 5) is 15.8. The average molecular weight is 254 g/mol. The SMILES string of the molecule is Cc1ccc(CCNC(=O)c2ccccn2)cc1C. The van der Waals surface area contributed by atoms with Gasteiger partial charge in [-0.2, -0.15) is 0 Å². The minimum Gasteiger partial charge on any atom is -0.350 e. The highest BCUT2D eigenvalue weighted by Crippen LogP contribution is 2.09. The van der Waals surface area contributed by atoms with Gasteiger partial charge in [-0.1, -0.05) is 24.3 Å². The van der Waals surface area contributed by atoms with Crippen molar-refractivity contribution in [3.8, 4) is 0 Å². The van der Waals surface area contributed by atoms with Crippen molar-refractivity contribution in [1.29, 1.82) is 0 Å². The molecule has 0 saturated carbocycles. The molecule has 2 aromatic rings. The van der Waals surface area contributed by atoms with Crippen molar-refractivity contribution >= 4 is 5.91 Å². The van der Waals surface area contributed by atoms with Crippen molar-refractivity contribution in [3.05, 3.63) is 65.0 Å². The van der Waals surface area contributed by atoms with Crippen LogP contribution in [-0.2, 0) is 6.42 Å². The predicted octanol–water partition coefficient (Wildman–Crippen LogP) is 2.67. The van der Waals surface area contributed by atoms with Gasteiger partial charge in [0.15, 0.2) is 0 Å². The van der Waals surface area contributed by atoms with Crippen molar-refractivity contribution in [2.45, 2.75) is 20.3 Å². The summed E-state index contributed by atoms with van der Waals surface area (Å²) in [6.07, 6.45) is 2.46. The molecule has 0 spiro atoms. The molecule has 0 aliphatic carbocycles. The fraction of sp³-hybridized carbons (Fsp3) is 0.250. The number of amides is 1. The van der Waals surface area contributed by atoms with E-state index in [0.29, 0.717) is 12.2 Å². The minimum atomic E-state index is -0.121. The van der Waals surface area contributed by atoms with Crippen LogP contribution in [0.3, 0.4) is 0 Å². The number of aryl methyl sites for hydroxylation is 2. The van der Waals surface area contributed by atoms with Gasteiger partial charge in [-0.15, -0.1) is 0 Å². The molecule has 2 rings (SSSR count). The van der Waals surface area contributed by atoms with E-state index in [1.165, 1.54) is 16.7 Å². The molecule has 0 fully saturated rings. The first kappa shape index (κ1) is 13.3. The molecule has 3 heteroatoms. The van der Waals surface area contributed by atoms with E-state index in [9.17, 15) is 4.79 Å². The number of nitrogens with zero attached hydrogens (tertiary/aromatic N) is 1. The molecule has 0 unspecified atom stereocenters. The van der Waals surface area contributed by atoms with Gasteiger partial charge in [0.1, 0.15) is 5.69 Å². The zero-order valence-electron chi connectivity index (χ0n) is 11.3. The summed E-state index contributed by atoms with van der Waals surface area (Å²) >= 11 is 0. The van der Waals surface area contributed by atoms with E-state index in [1.807, 2.05) is 6.07 Å². The lowest BCUT2D eigenvalue weighted by Gasteiger charge is -2.07. The van der Waals surface area contributed by atoms with Crippen LogP contribution in [0.1, 0.15) is 27.2 Å². The number of hydrogen-bond donors (Lipinski definition) is 1. The van der Waals surface area contributed by atoms with E-state index in [1.54, 1.807) is 18.3 Å². The van der Waals surface area contributed by atoms with Crippen LogP contribution in [0.25, 0.3) is 0 Å². The van der Waals surface area contributed by atoms with Gasteiger partial charge in [-0.25, -0.2) is 0 Å². The largest absolute Gasteiger partial charge is 0.350 e. The number of pyridine rings is 1. The highest BCUT2D eigenvalue weighted by Gasteiger charge is 2.05. The van der Waals surface area contributed by atoms with Crippen LogP contribution in [0.2, 0.25) is 0 Å². The fourth-order valence-corrected chi connectivity index (χ4v) is 1.87. The first-order valence-corrected chi connectivity index (χ1v) is 6.42. The van der Waals surface area contributed by atoms with E-state index >= 15 is 0 Å². The van der Waals surface area contributed by atoms with E-state index in [-0.39, 0.29) is 5.91 Å². The van der Waals surface area contributed by atoms with Gasteiger partial charge in [0.2, 0.25) is 0 Å².